The van der Waals surface area contributed by atoms with Crippen LogP contribution in [0.15, 0.2) is 47.4 Å². The summed E-state index contributed by atoms with van der Waals surface area (Å²) in [6.45, 7) is 1.43. The molecule has 31 heavy (non-hydrogen) atoms. The van der Waals surface area contributed by atoms with Crippen molar-refractivity contribution in [3.8, 4) is 0 Å². The molecule has 2 heterocycles. The van der Waals surface area contributed by atoms with E-state index in [9.17, 15) is 13.2 Å². The lowest BCUT2D eigenvalue weighted by Gasteiger charge is -2.34. The van der Waals surface area contributed by atoms with Crippen LogP contribution in [0.1, 0.15) is 24.0 Å². The number of aromatic nitrogens is 3. The van der Waals surface area contributed by atoms with Crippen LogP contribution < -0.4 is 0 Å². The van der Waals surface area contributed by atoms with Crippen molar-refractivity contribution in [3.63, 3.8) is 0 Å². The molecule has 0 atom stereocenters. The smallest absolute Gasteiger partial charge is 0.244 e. The molecule has 1 aliphatic carbocycles. The molecule has 0 unspecified atom stereocenters. The zero-order valence-corrected chi connectivity index (χ0v) is 18.1. The minimum atomic E-state index is -3.56. The number of carbonyl (C=O) groups excluding carboxylic acids is 1. The maximum absolute atomic E-state index is 13.2. The molecule has 1 amide bonds. The van der Waals surface area contributed by atoms with E-state index >= 15 is 0 Å². The van der Waals surface area contributed by atoms with Crippen LogP contribution in [0.5, 0.6) is 0 Å². The SMILES string of the molecule is O=C(Cn1nnc2ccccc21)N1CCN(S(=O)(=O)c2ccc3c(c2)CCCC3)CC1. The minimum Gasteiger partial charge on any atom is -0.338 e. The fourth-order valence-electron chi connectivity index (χ4n) is 4.46. The van der Waals surface area contributed by atoms with Gasteiger partial charge in [0.05, 0.1) is 10.4 Å². The lowest BCUT2D eigenvalue weighted by atomic mass is 9.92. The molecule has 0 saturated carbocycles. The van der Waals surface area contributed by atoms with Gasteiger partial charge in [0.25, 0.3) is 0 Å². The van der Waals surface area contributed by atoms with Crippen molar-refractivity contribution in [1.82, 2.24) is 24.2 Å². The van der Waals surface area contributed by atoms with Crippen LogP contribution in [0.2, 0.25) is 0 Å². The molecule has 0 radical (unpaired) electrons. The highest BCUT2D eigenvalue weighted by Gasteiger charge is 2.31. The molecular formula is C22H25N5O3S. The molecule has 1 aliphatic heterocycles. The molecule has 0 spiro atoms. The number of hydrogen-bond acceptors (Lipinski definition) is 5. The molecule has 0 bridgehead atoms. The number of para-hydroxylation sites is 1. The summed E-state index contributed by atoms with van der Waals surface area (Å²) in [5.41, 5.74) is 3.98. The molecule has 1 saturated heterocycles. The van der Waals surface area contributed by atoms with Crippen molar-refractivity contribution in [2.75, 3.05) is 26.2 Å². The van der Waals surface area contributed by atoms with Gasteiger partial charge in [0.15, 0.2) is 0 Å². The summed E-state index contributed by atoms with van der Waals surface area (Å²) < 4.78 is 29.4. The Hall–Kier alpha value is -2.78. The number of nitrogens with zero attached hydrogens (tertiary/aromatic N) is 5. The van der Waals surface area contributed by atoms with E-state index < -0.39 is 10.0 Å². The van der Waals surface area contributed by atoms with Crippen LogP contribution in [-0.2, 0) is 34.2 Å². The zero-order chi connectivity index (χ0) is 21.4. The quantitative estimate of drug-likeness (QED) is 0.619. The first-order valence-electron chi connectivity index (χ1n) is 10.7. The number of aryl methyl sites for hydroxylation is 2. The van der Waals surface area contributed by atoms with E-state index in [0.29, 0.717) is 31.1 Å². The third-order valence-corrected chi connectivity index (χ3v) is 8.15. The van der Waals surface area contributed by atoms with Crippen LogP contribution in [0, 0.1) is 0 Å². The number of amides is 1. The highest BCUT2D eigenvalue weighted by atomic mass is 32.2. The average molecular weight is 440 g/mol. The molecule has 8 nitrogen and oxygen atoms in total. The summed E-state index contributed by atoms with van der Waals surface area (Å²) in [4.78, 5) is 14.8. The fourth-order valence-corrected chi connectivity index (χ4v) is 5.93. The number of sulfonamides is 1. The maximum atomic E-state index is 13.2. The number of benzene rings is 2. The standard InChI is InChI=1S/C22H25N5O3S/c28-22(16-27-21-8-4-3-7-20(21)23-24-27)25-11-13-26(14-12-25)31(29,30)19-10-9-17-5-1-2-6-18(17)15-19/h3-4,7-10,15H,1-2,5-6,11-14,16H2. The maximum Gasteiger partial charge on any atom is 0.244 e. The number of rotatable bonds is 4. The van der Waals surface area contributed by atoms with E-state index in [1.165, 1.54) is 16.3 Å². The Morgan fingerprint density at radius 2 is 1.68 bits per heavy atom. The molecule has 3 aromatic rings. The third-order valence-electron chi connectivity index (χ3n) is 6.25. The molecule has 5 rings (SSSR count). The monoisotopic (exact) mass is 439 g/mol. The normalized spacial score (nSPS) is 17.6. The van der Waals surface area contributed by atoms with Gasteiger partial charge in [-0.1, -0.05) is 23.4 Å². The van der Waals surface area contributed by atoms with E-state index in [1.807, 2.05) is 36.4 Å². The summed E-state index contributed by atoms with van der Waals surface area (Å²) in [5.74, 6) is -0.0820. The van der Waals surface area contributed by atoms with E-state index in [-0.39, 0.29) is 12.5 Å². The van der Waals surface area contributed by atoms with Crippen LogP contribution in [0.25, 0.3) is 11.0 Å². The van der Waals surface area contributed by atoms with Gasteiger partial charge in [0.2, 0.25) is 15.9 Å². The average Bonchev–Trinajstić information content (AvgIpc) is 3.21. The van der Waals surface area contributed by atoms with E-state index in [4.69, 9.17) is 0 Å². The van der Waals surface area contributed by atoms with Gasteiger partial charge in [-0.25, -0.2) is 13.1 Å². The Morgan fingerprint density at radius 1 is 0.935 bits per heavy atom. The zero-order valence-electron chi connectivity index (χ0n) is 17.3. The molecule has 2 aliphatic rings. The topological polar surface area (TPSA) is 88.4 Å². The lowest BCUT2D eigenvalue weighted by Crippen LogP contribution is -2.51. The molecule has 1 fully saturated rings. The second-order valence-electron chi connectivity index (χ2n) is 8.16. The number of carbonyl (C=O) groups is 1. The molecular weight excluding hydrogens is 414 g/mol. The van der Waals surface area contributed by atoms with Gasteiger partial charge >= 0.3 is 0 Å². The summed E-state index contributed by atoms with van der Waals surface area (Å²) in [6.07, 6.45) is 4.24. The predicted octanol–water partition coefficient (Wildman–Crippen LogP) is 1.84. The Morgan fingerprint density at radius 3 is 2.48 bits per heavy atom. The second-order valence-corrected chi connectivity index (χ2v) is 10.1. The summed E-state index contributed by atoms with van der Waals surface area (Å²) in [6, 6.07) is 13.0. The highest BCUT2D eigenvalue weighted by molar-refractivity contribution is 7.89. The van der Waals surface area contributed by atoms with Gasteiger partial charge in [-0.3, -0.25) is 4.79 Å². The first-order chi connectivity index (χ1) is 15.0. The van der Waals surface area contributed by atoms with E-state index in [1.54, 1.807) is 15.6 Å². The number of hydrogen-bond donors (Lipinski definition) is 0. The third kappa shape index (κ3) is 3.83. The van der Waals surface area contributed by atoms with Gasteiger partial charge in [0.1, 0.15) is 12.1 Å². The van der Waals surface area contributed by atoms with Crippen molar-refractivity contribution in [3.05, 3.63) is 53.6 Å². The molecule has 2 aromatic carbocycles. The first-order valence-corrected chi connectivity index (χ1v) is 12.1. The number of piperazine rings is 1. The molecule has 0 N–H and O–H groups in total. The van der Waals surface area contributed by atoms with Gasteiger partial charge in [-0.05, 0) is 61.1 Å². The Kier molecular flexibility index (Phi) is 5.23. The van der Waals surface area contributed by atoms with E-state index in [0.717, 1.165) is 35.9 Å². The van der Waals surface area contributed by atoms with Gasteiger partial charge in [-0.15, -0.1) is 5.10 Å². The number of fused-ring (bicyclic) bond motifs is 2. The van der Waals surface area contributed by atoms with Crippen molar-refractivity contribution in [2.24, 2.45) is 0 Å². The van der Waals surface area contributed by atoms with Crippen molar-refractivity contribution < 1.29 is 13.2 Å². The summed E-state index contributed by atoms with van der Waals surface area (Å²) in [5, 5.41) is 8.15. The Bertz CT molecular complexity index is 1230. The predicted molar refractivity (Wildman–Crippen MR) is 116 cm³/mol. The molecule has 162 valence electrons. The van der Waals surface area contributed by atoms with Gasteiger partial charge < -0.3 is 4.90 Å². The van der Waals surface area contributed by atoms with Crippen LogP contribution in [0.4, 0.5) is 0 Å². The van der Waals surface area contributed by atoms with Crippen molar-refractivity contribution in [2.45, 2.75) is 37.1 Å². The highest BCUT2D eigenvalue weighted by Crippen LogP contribution is 2.26. The first kappa shape index (κ1) is 20.1. The minimum absolute atomic E-state index is 0.0820. The lowest BCUT2D eigenvalue weighted by molar-refractivity contribution is -0.133. The molecule has 1 aromatic heterocycles. The van der Waals surface area contributed by atoms with Gasteiger partial charge in [0, 0.05) is 26.2 Å². The van der Waals surface area contributed by atoms with E-state index in [2.05, 4.69) is 10.3 Å². The largest absolute Gasteiger partial charge is 0.338 e. The molecule has 9 heteroatoms. The van der Waals surface area contributed by atoms with Crippen LogP contribution in [-0.4, -0.2) is 64.7 Å². The second kappa shape index (κ2) is 8.05. The summed E-state index contributed by atoms with van der Waals surface area (Å²) in [7, 11) is -3.56. The van der Waals surface area contributed by atoms with Crippen LogP contribution in [0.3, 0.4) is 0 Å². The fraction of sp³-hybridized carbons (Fsp3) is 0.409. The summed E-state index contributed by atoms with van der Waals surface area (Å²) >= 11 is 0. The van der Waals surface area contributed by atoms with Crippen molar-refractivity contribution in [1.29, 1.82) is 0 Å². The van der Waals surface area contributed by atoms with Gasteiger partial charge in [-0.2, -0.15) is 4.31 Å². The Balaban J connectivity index is 1.25. The van der Waals surface area contributed by atoms with Crippen molar-refractivity contribution >= 4 is 27.0 Å². The van der Waals surface area contributed by atoms with Crippen LogP contribution >= 0.6 is 0 Å². The Labute approximate surface area is 181 Å².